The van der Waals surface area contributed by atoms with Gasteiger partial charge in [0.15, 0.2) is 6.61 Å². The average Bonchev–Trinajstić information content (AvgIpc) is 3.11. The number of benzene rings is 1. The SMILES string of the molecule is CC(O)c1cc(F)ccc1OCC(=O)NC1CC1. The summed E-state index contributed by atoms with van der Waals surface area (Å²) in [5.41, 5.74) is 0.342. The summed E-state index contributed by atoms with van der Waals surface area (Å²) in [7, 11) is 0. The van der Waals surface area contributed by atoms with Gasteiger partial charge in [-0.3, -0.25) is 4.79 Å². The largest absolute Gasteiger partial charge is 0.483 e. The number of carbonyl (C=O) groups excluding carboxylic acids is 1. The van der Waals surface area contributed by atoms with Gasteiger partial charge in [0.2, 0.25) is 0 Å². The zero-order valence-corrected chi connectivity index (χ0v) is 10.1. The van der Waals surface area contributed by atoms with Crippen LogP contribution in [-0.2, 0) is 4.79 Å². The summed E-state index contributed by atoms with van der Waals surface area (Å²) in [5, 5.41) is 12.3. The predicted molar refractivity (Wildman–Crippen MR) is 63.7 cm³/mol. The quantitative estimate of drug-likeness (QED) is 0.836. The monoisotopic (exact) mass is 253 g/mol. The summed E-state index contributed by atoms with van der Waals surface area (Å²) in [5.74, 6) is -0.309. The van der Waals surface area contributed by atoms with E-state index in [1.807, 2.05) is 0 Å². The highest BCUT2D eigenvalue weighted by Crippen LogP contribution is 2.26. The highest BCUT2D eigenvalue weighted by molar-refractivity contribution is 5.78. The van der Waals surface area contributed by atoms with E-state index in [4.69, 9.17) is 4.74 Å². The van der Waals surface area contributed by atoms with Crippen LogP contribution in [0.5, 0.6) is 5.75 Å². The van der Waals surface area contributed by atoms with Gasteiger partial charge in [0.25, 0.3) is 5.91 Å². The predicted octanol–water partition coefficient (Wildman–Crippen LogP) is 1.54. The topological polar surface area (TPSA) is 58.6 Å². The van der Waals surface area contributed by atoms with E-state index in [-0.39, 0.29) is 18.6 Å². The van der Waals surface area contributed by atoms with Gasteiger partial charge >= 0.3 is 0 Å². The fourth-order valence-electron chi connectivity index (χ4n) is 1.62. The number of amides is 1. The van der Waals surface area contributed by atoms with Crippen LogP contribution in [0.25, 0.3) is 0 Å². The Morgan fingerprint density at radius 3 is 2.94 bits per heavy atom. The van der Waals surface area contributed by atoms with Crippen molar-refractivity contribution < 1.29 is 19.0 Å². The fraction of sp³-hybridized carbons (Fsp3) is 0.462. The van der Waals surface area contributed by atoms with Crippen LogP contribution in [0.2, 0.25) is 0 Å². The van der Waals surface area contributed by atoms with Crippen LogP contribution < -0.4 is 10.1 Å². The molecule has 1 atom stereocenters. The number of aliphatic hydroxyl groups excluding tert-OH is 1. The number of hydrogen-bond donors (Lipinski definition) is 2. The lowest BCUT2D eigenvalue weighted by atomic mass is 10.1. The molecule has 5 heteroatoms. The van der Waals surface area contributed by atoms with Crippen molar-refractivity contribution in [3.8, 4) is 5.75 Å². The molecule has 1 aromatic rings. The maximum atomic E-state index is 13.0. The molecule has 2 N–H and O–H groups in total. The van der Waals surface area contributed by atoms with Gasteiger partial charge in [-0.05, 0) is 38.0 Å². The zero-order valence-electron chi connectivity index (χ0n) is 10.1. The van der Waals surface area contributed by atoms with E-state index in [0.717, 1.165) is 12.8 Å². The van der Waals surface area contributed by atoms with E-state index < -0.39 is 11.9 Å². The Hall–Kier alpha value is -1.62. The second-order valence-corrected chi connectivity index (χ2v) is 4.49. The molecule has 0 saturated heterocycles. The number of carbonyl (C=O) groups is 1. The third kappa shape index (κ3) is 3.43. The van der Waals surface area contributed by atoms with E-state index >= 15 is 0 Å². The van der Waals surface area contributed by atoms with Crippen molar-refractivity contribution in [2.45, 2.75) is 31.9 Å². The second-order valence-electron chi connectivity index (χ2n) is 4.49. The van der Waals surface area contributed by atoms with E-state index in [1.165, 1.54) is 25.1 Å². The molecule has 1 aliphatic carbocycles. The van der Waals surface area contributed by atoms with Gasteiger partial charge in [0.1, 0.15) is 11.6 Å². The van der Waals surface area contributed by atoms with Gasteiger partial charge in [-0.25, -0.2) is 4.39 Å². The minimum Gasteiger partial charge on any atom is -0.483 e. The highest BCUT2D eigenvalue weighted by Gasteiger charge is 2.23. The Morgan fingerprint density at radius 2 is 2.33 bits per heavy atom. The molecule has 1 unspecified atom stereocenters. The normalized spacial score (nSPS) is 16.2. The Morgan fingerprint density at radius 1 is 1.61 bits per heavy atom. The summed E-state index contributed by atoms with van der Waals surface area (Å²) in [4.78, 5) is 11.4. The lowest BCUT2D eigenvalue weighted by molar-refractivity contribution is -0.123. The molecule has 4 nitrogen and oxygen atoms in total. The Kier molecular flexibility index (Phi) is 3.81. The van der Waals surface area contributed by atoms with Crippen LogP contribution in [-0.4, -0.2) is 23.7 Å². The van der Waals surface area contributed by atoms with Crippen LogP contribution in [0.4, 0.5) is 4.39 Å². The van der Waals surface area contributed by atoms with E-state index in [0.29, 0.717) is 11.3 Å². The fourth-order valence-corrected chi connectivity index (χ4v) is 1.62. The van der Waals surface area contributed by atoms with Crippen LogP contribution >= 0.6 is 0 Å². The Bertz CT molecular complexity index is 444. The van der Waals surface area contributed by atoms with Crippen LogP contribution in [0.15, 0.2) is 18.2 Å². The average molecular weight is 253 g/mol. The van der Waals surface area contributed by atoms with Crippen LogP contribution in [0.3, 0.4) is 0 Å². The Labute approximate surface area is 105 Å². The van der Waals surface area contributed by atoms with Crippen LogP contribution in [0.1, 0.15) is 31.4 Å². The van der Waals surface area contributed by atoms with Gasteiger partial charge < -0.3 is 15.2 Å². The van der Waals surface area contributed by atoms with E-state index in [9.17, 15) is 14.3 Å². The highest BCUT2D eigenvalue weighted by atomic mass is 19.1. The van der Waals surface area contributed by atoms with Crippen molar-refractivity contribution in [2.24, 2.45) is 0 Å². The molecule has 1 fully saturated rings. The van der Waals surface area contributed by atoms with Crippen molar-refractivity contribution in [1.82, 2.24) is 5.32 Å². The minimum absolute atomic E-state index is 0.123. The van der Waals surface area contributed by atoms with Gasteiger partial charge in [-0.1, -0.05) is 0 Å². The van der Waals surface area contributed by atoms with Crippen molar-refractivity contribution >= 4 is 5.91 Å². The van der Waals surface area contributed by atoms with Gasteiger partial charge in [-0.15, -0.1) is 0 Å². The lowest BCUT2D eigenvalue weighted by Gasteiger charge is -2.13. The van der Waals surface area contributed by atoms with E-state index in [2.05, 4.69) is 5.32 Å². The molecule has 0 aliphatic heterocycles. The van der Waals surface area contributed by atoms with Crippen molar-refractivity contribution in [3.63, 3.8) is 0 Å². The number of hydrogen-bond acceptors (Lipinski definition) is 3. The molecule has 1 saturated carbocycles. The molecule has 0 radical (unpaired) electrons. The molecule has 18 heavy (non-hydrogen) atoms. The smallest absolute Gasteiger partial charge is 0.258 e. The molecule has 0 spiro atoms. The molecule has 1 amide bonds. The number of nitrogens with one attached hydrogen (secondary N) is 1. The lowest BCUT2D eigenvalue weighted by Crippen LogP contribution is -2.30. The first-order valence-corrected chi connectivity index (χ1v) is 5.96. The summed E-state index contributed by atoms with van der Waals surface area (Å²) in [6, 6.07) is 4.14. The molecule has 1 aliphatic rings. The molecule has 1 aromatic carbocycles. The first kappa shape index (κ1) is 12.8. The molecular weight excluding hydrogens is 237 g/mol. The molecule has 2 rings (SSSR count). The standard InChI is InChI=1S/C13H16FNO3/c1-8(16)11-6-9(14)2-5-12(11)18-7-13(17)15-10-3-4-10/h2,5-6,8,10,16H,3-4,7H2,1H3,(H,15,17). The minimum atomic E-state index is -0.845. The first-order chi connectivity index (χ1) is 8.56. The summed E-state index contributed by atoms with van der Waals surface area (Å²) >= 11 is 0. The number of ether oxygens (including phenoxy) is 1. The maximum Gasteiger partial charge on any atom is 0.258 e. The third-order valence-corrected chi connectivity index (χ3v) is 2.72. The van der Waals surface area contributed by atoms with Gasteiger partial charge in [-0.2, -0.15) is 0 Å². The Balaban J connectivity index is 1.96. The molecule has 0 aromatic heterocycles. The number of aliphatic hydroxyl groups is 1. The van der Waals surface area contributed by atoms with Gasteiger partial charge in [0, 0.05) is 11.6 Å². The van der Waals surface area contributed by atoms with Crippen molar-refractivity contribution in [3.05, 3.63) is 29.6 Å². The summed E-state index contributed by atoms with van der Waals surface area (Å²) in [6.45, 7) is 1.40. The van der Waals surface area contributed by atoms with Crippen LogP contribution in [0, 0.1) is 5.82 Å². The van der Waals surface area contributed by atoms with Gasteiger partial charge in [0.05, 0.1) is 6.10 Å². The van der Waals surface area contributed by atoms with E-state index in [1.54, 1.807) is 0 Å². The number of halogens is 1. The summed E-state index contributed by atoms with van der Waals surface area (Å²) < 4.78 is 18.3. The molecular formula is C13H16FNO3. The molecule has 0 heterocycles. The summed E-state index contributed by atoms with van der Waals surface area (Å²) in [6.07, 6.45) is 1.18. The van der Waals surface area contributed by atoms with Crippen molar-refractivity contribution in [1.29, 1.82) is 0 Å². The molecule has 98 valence electrons. The third-order valence-electron chi connectivity index (χ3n) is 2.72. The second kappa shape index (κ2) is 5.35. The first-order valence-electron chi connectivity index (χ1n) is 5.96. The van der Waals surface area contributed by atoms with Crippen molar-refractivity contribution in [2.75, 3.05) is 6.61 Å². The molecule has 0 bridgehead atoms. The maximum absolute atomic E-state index is 13.0. The number of rotatable bonds is 5. The zero-order chi connectivity index (χ0) is 13.1.